The van der Waals surface area contributed by atoms with E-state index in [1.54, 1.807) is 31.2 Å². The smallest absolute Gasteiger partial charge is 0.262 e. The first kappa shape index (κ1) is 16.9. The van der Waals surface area contributed by atoms with Crippen LogP contribution < -0.4 is 10.1 Å². The monoisotopic (exact) mass is 403 g/mol. The molecule has 0 spiro atoms. The molecule has 116 valence electrons. The summed E-state index contributed by atoms with van der Waals surface area (Å²) >= 11 is 15.0. The molecule has 1 amide bonds. The Kier molecular flexibility index (Phi) is 5.56. The molecule has 0 aliphatic heterocycles. The molecule has 2 N–H and O–H groups in total. The SMILES string of the molecule is Cc1cc(NC(=O)COc2ccc(Cl)cc2Cl)cc(Br)c1O. The molecule has 2 rings (SSSR count). The average molecular weight is 405 g/mol. The number of phenols is 1. The van der Waals surface area contributed by atoms with Gasteiger partial charge in [0, 0.05) is 10.7 Å². The van der Waals surface area contributed by atoms with Gasteiger partial charge < -0.3 is 15.2 Å². The summed E-state index contributed by atoms with van der Waals surface area (Å²) < 4.78 is 5.85. The Morgan fingerprint density at radius 3 is 2.68 bits per heavy atom. The van der Waals surface area contributed by atoms with Crippen LogP contribution in [0.3, 0.4) is 0 Å². The minimum absolute atomic E-state index is 0.141. The Bertz CT molecular complexity index is 699. The molecule has 0 heterocycles. The average Bonchev–Trinajstić information content (AvgIpc) is 2.43. The van der Waals surface area contributed by atoms with Gasteiger partial charge in [-0.15, -0.1) is 0 Å². The van der Waals surface area contributed by atoms with Crippen molar-refractivity contribution >= 4 is 50.7 Å². The standard InChI is InChI=1S/C15H12BrCl2NO3/c1-8-4-10(6-11(16)15(8)21)19-14(20)7-22-13-3-2-9(17)5-12(13)18/h2-6,21H,7H2,1H3,(H,19,20). The Labute approximate surface area is 146 Å². The van der Waals surface area contributed by atoms with Gasteiger partial charge in [0.15, 0.2) is 6.61 Å². The number of aromatic hydroxyl groups is 1. The lowest BCUT2D eigenvalue weighted by molar-refractivity contribution is -0.118. The zero-order valence-electron chi connectivity index (χ0n) is 11.5. The zero-order chi connectivity index (χ0) is 16.3. The van der Waals surface area contributed by atoms with Gasteiger partial charge in [0.1, 0.15) is 11.5 Å². The van der Waals surface area contributed by atoms with Crippen LogP contribution in [0.25, 0.3) is 0 Å². The minimum atomic E-state index is -0.344. The molecule has 0 aliphatic carbocycles. The topological polar surface area (TPSA) is 58.6 Å². The molecule has 0 radical (unpaired) electrons. The third kappa shape index (κ3) is 4.29. The molecule has 7 heteroatoms. The maximum atomic E-state index is 11.9. The van der Waals surface area contributed by atoms with Crippen molar-refractivity contribution in [2.45, 2.75) is 6.92 Å². The van der Waals surface area contributed by atoms with Gasteiger partial charge in [-0.25, -0.2) is 0 Å². The minimum Gasteiger partial charge on any atom is -0.506 e. The predicted molar refractivity (Wildman–Crippen MR) is 91.1 cm³/mol. The van der Waals surface area contributed by atoms with Gasteiger partial charge in [0.2, 0.25) is 0 Å². The molecule has 0 aromatic heterocycles. The Balaban J connectivity index is 1.99. The van der Waals surface area contributed by atoms with Crippen molar-refractivity contribution in [3.05, 3.63) is 50.4 Å². The van der Waals surface area contributed by atoms with Gasteiger partial charge in [0.05, 0.1) is 9.50 Å². The number of carbonyl (C=O) groups excluding carboxylic acids is 1. The number of amides is 1. The lowest BCUT2D eigenvalue weighted by Crippen LogP contribution is -2.20. The van der Waals surface area contributed by atoms with E-state index >= 15 is 0 Å². The Morgan fingerprint density at radius 1 is 1.32 bits per heavy atom. The van der Waals surface area contributed by atoms with E-state index in [1.165, 1.54) is 6.07 Å². The second-order valence-corrected chi connectivity index (χ2v) is 6.23. The highest BCUT2D eigenvalue weighted by Gasteiger charge is 2.09. The molecule has 0 unspecified atom stereocenters. The summed E-state index contributed by atoms with van der Waals surface area (Å²) in [4.78, 5) is 11.9. The van der Waals surface area contributed by atoms with Crippen molar-refractivity contribution in [1.82, 2.24) is 0 Å². The summed E-state index contributed by atoms with van der Waals surface area (Å²) in [7, 11) is 0. The Morgan fingerprint density at radius 2 is 2.05 bits per heavy atom. The number of nitrogens with one attached hydrogen (secondary N) is 1. The zero-order valence-corrected chi connectivity index (χ0v) is 14.6. The molecule has 0 aliphatic rings. The molecule has 0 saturated heterocycles. The van der Waals surface area contributed by atoms with Crippen molar-refractivity contribution in [2.75, 3.05) is 11.9 Å². The van der Waals surface area contributed by atoms with E-state index in [0.29, 0.717) is 31.5 Å². The summed E-state index contributed by atoms with van der Waals surface area (Å²) in [5, 5.41) is 13.2. The maximum absolute atomic E-state index is 11.9. The molecule has 2 aromatic carbocycles. The van der Waals surface area contributed by atoms with Crippen LogP contribution in [0.15, 0.2) is 34.8 Å². The molecule has 0 saturated carbocycles. The molecule has 0 fully saturated rings. The lowest BCUT2D eigenvalue weighted by Gasteiger charge is -2.10. The first-order valence-corrected chi connectivity index (χ1v) is 7.78. The van der Waals surface area contributed by atoms with Gasteiger partial charge in [-0.3, -0.25) is 4.79 Å². The van der Waals surface area contributed by atoms with Crippen LogP contribution >= 0.6 is 39.1 Å². The van der Waals surface area contributed by atoms with Gasteiger partial charge in [-0.05, 0) is 58.7 Å². The van der Waals surface area contributed by atoms with E-state index in [1.807, 2.05) is 0 Å². The highest BCUT2D eigenvalue weighted by Crippen LogP contribution is 2.31. The van der Waals surface area contributed by atoms with Crippen LogP contribution in [0.4, 0.5) is 5.69 Å². The molecule has 22 heavy (non-hydrogen) atoms. The van der Waals surface area contributed by atoms with Gasteiger partial charge in [-0.2, -0.15) is 0 Å². The van der Waals surface area contributed by atoms with Crippen LogP contribution in [-0.2, 0) is 4.79 Å². The number of aryl methyl sites for hydroxylation is 1. The Hall–Kier alpha value is -1.43. The molecule has 4 nitrogen and oxygen atoms in total. The number of hydrogen-bond donors (Lipinski definition) is 2. The van der Waals surface area contributed by atoms with E-state index in [0.717, 1.165) is 0 Å². The van der Waals surface area contributed by atoms with Gasteiger partial charge >= 0.3 is 0 Å². The largest absolute Gasteiger partial charge is 0.506 e. The summed E-state index contributed by atoms with van der Waals surface area (Å²) in [6.07, 6.45) is 0. The van der Waals surface area contributed by atoms with Crippen LogP contribution in [0, 0.1) is 6.92 Å². The first-order chi connectivity index (χ1) is 10.4. The van der Waals surface area contributed by atoms with Crippen LogP contribution in [0.5, 0.6) is 11.5 Å². The van der Waals surface area contributed by atoms with Crippen LogP contribution in [-0.4, -0.2) is 17.6 Å². The maximum Gasteiger partial charge on any atom is 0.262 e. The lowest BCUT2D eigenvalue weighted by atomic mass is 10.2. The van der Waals surface area contributed by atoms with Crippen molar-refractivity contribution < 1.29 is 14.6 Å². The number of hydrogen-bond acceptors (Lipinski definition) is 3. The first-order valence-electron chi connectivity index (χ1n) is 6.23. The van der Waals surface area contributed by atoms with Crippen molar-refractivity contribution in [3.8, 4) is 11.5 Å². The van der Waals surface area contributed by atoms with E-state index in [2.05, 4.69) is 21.2 Å². The van der Waals surface area contributed by atoms with E-state index in [9.17, 15) is 9.90 Å². The molecule has 0 atom stereocenters. The van der Waals surface area contributed by atoms with Crippen LogP contribution in [0.2, 0.25) is 10.0 Å². The van der Waals surface area contributed by atoms with Crippen LogP contribution in [0.1, 0.15) is 5.56 Å². The number of rotatable bonds is 4. The normalized spacial score (nSPS) is 10.4. The quantitative estimate of drug-likeness (QED) is 0.720. The molecular formula is C15H12BrCl2NO3. The summed E-state index contributed by atoms with van der Waals surface area (Å²) in [5.41, 5.74) is 1.20. The summed E-state index contributed by atoms with van der Waals surface area (Å²) in [6, 6.07) is 8.03. The number of anilines is 1. The molecule has 0 bridgehead atoms. The number of halogens is 3. The fraction of sp³-hybridized carbons (Fsp3) is 0.133. The van der Waals surface area contributed by atoms with E-state index in [4.69, 9.17) is 27.9 Å². The fourth-order valence-electron chi connectivity index (χ4n) is 1.74. The summed E-state index contributed by atoms with van der Waals surface area (Å²) in [5.74, 6) is 0.175. The number of ether oxygens (including phenoxy) is 1. The number of benzene rings is 2. The fourth-order valence-corrected chi connectivity index (χ4v) is 2.76. The van der Waals surface area contributed by atoms with E-state index < -0.39 is 0 Å². The predicted octanol–water partition coefficient (Wildman–Crippen LogP) is 4.79. The number of phenolic OH excluding ortho intramolecular Hbond substituents is 1. The van der Waals surface area contributed by atoms with Crippen molar-refractivity contribution in [1.29, 1.82) is 0 Å². The second kappa shape index (κ2) is 7.22. The third-order valence-electron chi connectivity index (χ3n) is 2.79. The number of carbonyl (C=O) groups is 1. The van der Waals surface area contributed by atoms with E-state index in [-0.39, 0.29) is 18.3 Å². The highest BCUT2D eigenvalue weighted by atomic mass is 79.9. The third-order valence-corrected chi connectivity index (χ3v) is 3.93. The van der Waals surface area contributed by atoms with Gasteiger partial charge in [-0.1, -0.05) is 23.2 Å². The molecular weight excluding hydrogens is 393 g/mol. The van der Waals surface area contributed by atoms with Crippen molar-refractivity contribution in [2.24, 2.45) is 0 Å². The highest BCUT2D eigenvalue weighted by molar-refractivity contribution is 9.10. The molecule has 2 aromatic rings. The summed E-state index contributed by atoms with van der Waals surface area (Å²) in [6.45, 7) is 1.54. The van der Waals surface area contributed by atoms with Gasteiger partial charge in [0.25, 0.3) is 5.91 Å². The second-order valence-electron chi connectivity index (χ2n) is 4.54. The van der Waals surface area contributed by atoms with Crippen molar-refractivity contribution in [3.63, 3.8) is 0 Å².